The number of nitriles is 1. The Kier molecular flexibility index (Phi) is 6.22. The average molecular weight is 611 g/mol. The number of nitrogens with zero attached hydrogens (tertiary/aromatic N) is 4. The van der Waals surface area contributed by atoms with Crippen molar-refractivity contribution in [2.75, 3.05) is 0 Å². The number of para-hydroxylation sites is 4. The SMILES string of the molecule is [C-]#[N+]c1ccc(-c2ccc(-c3ccc(-n4c5ccccc5c5ccccc54)cc3)c(C#N)c2)c(-n2c3ccccc3c3ccccc32)c1. The molecule has 0 fully saturated rings. The minimum absolute atomic E-state index is 0.566. The third-order valence-corrected chi connectivity index (χ3v) is 9.40. The first-order valence-corrected chi connectivity index (χ1v) is 15.9. The molecule has 0 aliphatic rings. The highest BCUT2D eigenvalue weighted by atomic mass is 15.0. The first kappa shape index (κ1) is 27.4. The van der Waals surface area contributed by atoms with Gasteiger partial charge in [0.05, 0.1) is 40.3 Å². The molecule has 0 N–H and O–H groups in total. The van der Waals surface area contributed by atoms with Crippen LogP contribution < -0.4 is 0 Å². The van der Waals surface area contributed by atoms with Gasteiger partial charge in [0.25, 0.3) is 0 Å². The van der Waals surface area contributed by atoms with Crippen molar-refractivity contribution in [3.63, 3.8) is 0 Å². The number of fused-ring (bicyclic) bond motifs is 6. The average Bonchev–Trinajstić information content (AvgIpc) is 3.67. The van der Waals surface area contributed by atoms with Crippen LogP contribution in [0.15, 0.2) is 158 Å². The molecule has 0 aliphatic carbocycles. The fourth-order valence-corrected chi connectivity index (χ4v) is 7.25. The van der Waals surface area contributed by atoms with E-state index in [1.165, 1.54) is 10.8 Å². The number of rotatable bonds is 4. The molecule has 0 unspecified atom stereocenters. The van der Waals surface area contributed by atoms with Gasteiger partial charge in [0, 0.05) is 38.5 Å². The van der Waals surface area contributed by atoms with Crippen LogP contribution in [0, 0.1) is 17.9 Å². The first-order valence-electron chi connectivity index (χ1n) is 15.9. The fraction of sp³-hybridized carbons (Fsp3) is 0. The summed E-state index contributed by atoms with van der Waals surface area (Å²) in [4.78, 5) is 3.77. The van der Waals surface area contributed by atoms with Crippen molar-refractivity contribution in [2.24, 2.45) is 0 Å². The van der Waals surface area contributed by atoms with Gasteiger partial charge in [0.2, 0.25) is 0 Å². The Balaban J connectivity index is 1.16. The lowest BCUT2D eigenvalue weighted by molar-refractivity contribution is 1.18. The van der Waals surface area contributed by atoms with Crippen LogP contribution in [-0.2, 0) is 0 Å². The molecule has 0 bridgehead atoms. The second-order valence-corrected chi connectivity index (χ2v) is 12.0. The van der Waals surface area contributed by atoms with Gasteiger partial charge in [-0.05, 0) is 65.2 Å². The molecule has 7 aromatic carbocycles. The molecule has 2 heterocycles. The Morgan fingerprint density at radius 2 is 0.958 bits per heavy atom. The van der Waals surface area contributed by atoms with E-state index in [1.54, 1.807) is 0 Å². The standard InChI is InChI=1S/C44H26N4/c1-46-32-21-25-35(44(27-32)48-42-16-8-4-12-38(42)39-13-5-9-17-43(39)48)30-20-24-34(31(26-30)28-45)29-18-22-33(23-19-29)47-40-14-6-2-10-36(40)37-11-3-7-15-41(37)47/h2-27H. The second-order valence-electron chi connectivity index (χ2n) is 12.0. The highest BCUT2D eigenvalue weighted by Gasteiger charge is 2.18. The highest BCUT2D eigenvalue weighted by molar-refractivity contribution is 6.10. The molecule has 0 amide bonds. The minimum Gasteiger partial charge on any atom is -0.310 e. The van der Waals surface area contributed by atoms with Gasteiger partial charge in [0.15, 0.2) is 5.69 Å². The molecular formula is C44H26N4. The number of hydrogen-bond donors (Lipinski definition) is 0. The van der Waals surface area contributed by atoms with Gasteiger partial charge in [-0.3, -0.25) is 0 Å². The molecule has 222 valence electrons. The van der Waals surface area contributed by atoms with Crippen molar-refractivity contribution in [3.8, 4) is 39.7 Å². The van der Waals surface area contributed by atoms with Crippen LogP contribution in [0.3, 0.4) is 0 Å². The van der Waals surface area contributed by atoms with Gasteiger partial charge in [0.1, 0.15) is 0 Å². The van der Waals surface area contributed by atoms with E-state index < -0.39 is 0 Å². The summed E-state index contributed by atoms with van der Waals surface area (Å²) in [6, 6.07) is 56.6. The van der Waals surface area contributed by atoms with Crippen molar-refractivity contribution in [3.05, 3.63) is 175 Å². The van der Waals surface area contributed by atoms with Crippen molar-refractivity contribution in [1.29, 1.82) is 5.26 Å². The highest BCUT2D eigenvalue weighted by Crippen LogP contribution is 2.39. The largest absolute Gasteiger partial charge is 0.310 e. The van der Waals surface area contributed by atoms with Crippen LogP contribution in [0.25, 0.3) is 82.1 Å². The molecule has 4 heteroatoms. The van der Waals surface area contributed by atoms with Crippen LogP contribution in [0.4, 0.5) is 5.69 Å². The number of hydrogen-bond acceptors (Lipinski definition) is 1. The summed E-state index contributed by atoms with van der Waals surface area (Å²) >= 11 is 0. The van der Waals surface area contributed by atoms with E-state index in [-0.39, 0.29) is 0 Å². The van der Waals surface area contributed by atoms with Crippen LogP contribution in [-0.4, -0.2) is 9.13 Å². The molecule has 0 saturated carbocycles. The predicted octanol–water partition coefficient (Wildman–Crippen LogP) is 11.6. The second kappa shape index (κ2) is 10.9. The molecule has 0 spiro atoms. The summed E-state index contributed by atoms with van der Waals surface area (Å²) in [5.74, 6) is 0. The van der Waals surface area contributed by atoms with Crippen molar-refractivity contribution in [2.45, 2.75) is 0 Å². The van der Waals surface area contributed by atoms with E-state index in [1.807, 2.05) is 42.5 Å². The quantitative estimate of drug-likeness (QED) is 0.183. The first-order chi connectivity index (χ1) is 23.7. The molecule has 48 heavy (non-hydrogen) atoms. The lowest BCUT2D eigenvalue weighted by Gasteiger charge is -2.16. The lowest BCUT2D eigenvalue weighted by Crippen LogP contribution is -1.98. The summed E-state index contributed by atoms with van der Waals surface area (Å²) in [5, 5.41) is 15.2. The fourth-order valence-electron chi connectivity index (χ4n) is 7.25. The third kappa shape index (κ3) is 4.14. The maximum atomic E-state index is 10.4. The lowest BCUT2D eigenvalue weighted by atomic mass is 9.94. The van der Waals surface area contributed by atoms with Gasteiger partial charge in [-0.1, -0.05) is 109 Å². The molecule has 0 saturated heterocycles. The van der Waals surface area contributed by atoms with Crippen LogP contribution in [0.1, 0.15) is 5.56 Å². The number of benzene rings is 7. The Morgan fingerprint density at radius 1 is 0.479 bits per heavy atom. The minimum atomic E-state index is 0.566. The maximum Gasteiger partial charge on any atom is 0.189 e. The van der Waals surface area contributed by atoms with E-state index in [0.29, 0.717) is 11.3 Å². The molecule has 4 nitrogen and oxygen atoms in total. The summed E-state index contributed by atoms with van der Waals surface area (Å²) in [5.41, 5.74) is 11.4. The van der Waals surface area contributed by atoms with Gasteiger partial charge < -0.3 is 9.13 Å². The summed E-state index contributed by atoms with van der Waals surface area (Å²) in [6.07, 6.45) is 0. The summed E-state index contributed by atoms with van der Waals surface area (Å²) < 4.78 is 4.54. The number of aromatic nitrogens is 2. The smallest absolute Gasteiger partial charge is 0.189 e. The summed E-state index contributed by atoms with van der Waals surface area (Å²) in [6.45, 7) is 7.77. The van der Waals surface area contributed by atoms with Crippen molar-refractivity contribution in [1.82, 2.24) is 9.13 Å². The van der Waals surface area contributed by atoms with Crippen LogP contribution >= 0.6 is 0 Å². The zero-order valence-corrected chi connectivity index (χ0v) is 25.8. The van der Waals surface area contributed by atoms with Crippen molar-refractivity contribution >= 4 is 49.3 Å². The molecule has 0 atom stereocenters. The molecule has 2 aromatic heterocycles. The van der Waals surface area contributed by atoms with Gasteiger partial charge in [-0.25, -0.2) is 4.85 Å². The summed E-state index contributed by atoms with van der Waals surface area (Å²) in [7, 11) is 0. The van der Waals surface area contributed by atoms with E-state index in [9.17, 15) is 5.26 Å². The monoisotopic (exact) mass is 610 g/mol. The van der Waals surface area contributed by atoms with Gasteiger partial charge >= 0.3 is 0 Å². The Labute approximate surface area is 277 Å². The zero-order valence-electron chi connectivity index (χ0n) is 25.8. The molecule has 0 aliphatic heterocycles. The van der Waals surface area contributed by atoms with E-state index >= 15 is 0 Å². The Morgan fingerprint density at radius 3 is 1.48 bits per heavy atom. The van der Waals surface area contributed by atoms with Crippen molar-refractivity contribution < 1.29 is 0 Å². The Hall–Kier alpha value is -6.88. The van der Waals surface area contributed by atoms with Crippen LogP contribution in [0.2, 0.25) is 0 Å². The van der Waals surface area contributed by atoms with Gasteiger partial charge in [-0.15, -0.1) is 0 Å². The molecule has 9 rings (SSSR count). The molecule has 9 aromatic rings. The normalized spacial score (nSPS) is 11.3. The Bertz CT molecular complexity index is 2690. The molecule has 0 radical (unpaired) electrons. The van der Waals surface area contributed by atoms with E-state index in [2.05, 4.69) is 135 Å². The maximum absolute atomic E-state index is 10.4. The van der Waals surface area contributed by atoms with E-state index in [0.717, 1.165) is 66.5 Å². The third-order valence-electron chi connectivity index (χ3n) is 9.40. The predicted molar refractivity (Wildman–Crippen MR) is 197 cm³/mol. The zero-order chi connectivity index (χ0) is 32.2. The molecular weight excluding hydrogens is 585 g/mol. The van der Waals surface area contributed by atoms with Crippen LogP contribution in [0.5, 0.6) is 0 Å². The van der Waals surface area contributed by atoms with E-state index in [4.69, 9.17) is 6.57 Å². The topological polar surface area (TPSA) is 38.0 Å². The van der Waals surface area contributed by atoms with Gasteiger partial charge in [-0.2, -0.15) is 5.26 Å².